The van der Waals surface area contributed by atoms with Gasteiger partial charge in [0.05, 0.1) is 40.2 Å². The molecule has 3 aromatic heterocycles. The Labute approximate surface area is 181 Å². The molecule has 7 nitrogen and oxygen atoms in total. The molecule has 0 fully saturated rings. The van der Waals surface area contributed by atoms with Crippen LogP contribution in [0.3, 0.4) is 0 Å². The van der Waals surface area contributed by atoms with Crippen LogP contribution in [-0.2, 0) is 7.05 Å². The Kier molecular flexibility index (Phi) is 4.34. The number of primary amides is 1. The van der Waals surface area contributed by atoms with E-state index in [9.17, 15) is 4.79 Å². The number of aromatic nitrogens is 4. The molecule has 3 N–H and O–H groups in total. The molecule has 152 valence electrons. The van der Waals surface area contributed by atoms with Crippen molar-refractivity contribution in [2.24, 2.45) is 12.8 Å². The van der Waals surface area contributed by atoms with Crippen LogP contribution in [0.4, 0.5) is 0 Å². The van der Waals surface area contributed by atoms with Gasteiger partial charge < -0.3 is 10.3 Å². The monoisotopic (exact) mass is 428 g/mol. The maximum absolute atomic E-state index is 11.7. The summed E-state index contributed by atoms with van der Waals surface area (Å²) in [4.78, 5) is 20.4. The first-order valence-corrected chi connectivity index (χ1v) is 9.88. The van der Waals surface area contributed by atoms with E-state index in [0.717, 1.165) is 33.1 Å². The molecule has 8 heteroatoms. The van der Waals surface area contributed by atoms with E-state index in [-0.39, 0.29) is 11.2 Å². The molecule has 5 aromatic rings. The number of fused-ring (bicyclic) bond motifs is 3. The molecule has 0 saturated carbocycles. The first-order valence-electron chi connectivity index (χ1n) is 9.50. The van der Waals surface area contributed by atoms with Gasteiger partial charge in [-0.25, -0.2) is 0 Å². The summed E-state index contributed by atoms with van der Waals surface area (Å²) in [6.45, 7) is 0. The fourth-order valence-electron chi connectivity index (χ4n) is 3.78. The molecule has 5 rings (SSSR count). The van der Waals surface area contributed by atoms with Crippen LogP contribution < -0.4 is 11.4 Å². The van der Waals surface area contributed by atoms with Crippen LogP contribution in [0.5, 0.6) is 0 Å². The minimum atomic E-state index is -0.571. The molecule has 1 amide bonds. The third-order valence-electron chi connectivity index (χ3n) is 5.38. The van der Waals surface area contributed by atoms with Crippen molar-refractivity contribution >= 4 is 39.4 Å². The summed E-state index contributed by atoms with van der Waals surface area (Å²) in [6.07, 6.45) is 4.78. The van der Waals surface area contributed by atoms with Crippen LogP contribution in [0.1, 0.15) is 10.4 Å². The van der Waals surface area contributed by atoms with Crippen LogP contribution in [-0.4, -0.2) is 25.0 Å². The second-order valence-electron chi connectivity index (χ2n) is 7.24. The highest BCUT2D eigenvalue weighted by atomic mass is 35.5. The van der Waals surface area contributed by atoms with E-state index in [1.165, 1.54) is 6.20 Å². The number of amides is 1. The predicted octanol–water partition coefficient (Wildman–Crippen LogP) is 3.81. The number of nitrogens with zero attached hydrogens (tertiary/aromatic N) is 4. The Balaban J connectivity index is 1.85. The van der Waals surface area contributed by atoms with Gasteiger partial charge in [-0.15, -0.1) is 0 Å². The molecule has 0 aliphatic rings. The van der Waals surface area contributed by atoms with Crippen LogP contribution in [0, 0.1) is 5.41 Å². The first-order chi connectivity index (χ1) is 14.9. The number of carbonyl (C=O) groups is 1. The molecule has 0 spiro atoms. The molecule has 0 bridgehead atoms. The van der Waals surface area contributed by atoms with Crippen LogP contribution in [0.2, 0.25) is 5.02 Å². The van der Waals surface area contributed by atoms with Gasteiger partial charge in [0, 0.05) is 23.7 Å². The summed E-state index contributed by atoms with van der Waals surface area (Å²) >= 11 is 6.04. The first kappa shape index (κ1) is 19.0. The minimum Gasteiger partial charge on any atom is -0.366 e. The Morgan fingerprint density at radius 1 is 1.03 bits per heavy atom. The minimum absolute atomic E-state index is 0.226. The Morgan fingerprint density at radius 3 is 2.52 bits per heavy atom. The Hall–Kier alpha value is -3.97. The fraction of sp³-hybridized carbons (Fsp3) is 0.0435. The molecule has 0 unspecified atom stereocenters. The summed E-state index contributed by atoms with van der Waals surface area (Å²) in [5, 5.41) is 10.2. The van der Waals surface area contributed by atoms with Crippen molar-refractivity contribution in [1.82, 2.24) is 19.1 Å². The van der Waals surface area contributed by atoms with Gasteiger partial charge in [-0.05, 0) is 41.5 Å². The maximum atomic E-state index is 11.7. The van der Waals surface area contributed by atoms with Gasteiger partial charge in [0.25, 0.3) is 0 Å². The maximum Gasteiger partial charge on any atom is 0.250 e. The van der Waals surface area contributed by atoms with Crippen molar-refractivity contribution in [1.29, 1.82) is 5.41 Å². The lowest BCUT2D eigenvalue weighted by Gasteiger charge is -2.09. The average Bonchev–Trinajstić information content (AvgIpc) is 3.04. The normalized spacial score (nSPS) is 11.3. The molecular weight excluding hydrogens is 412 g/mol. The van der Waals surface area contributed by atoms with E-state index < -0.39 is 5.91 Å². The smallest absolute Gasteiger partial charge is 0.250 e. The van der Waals surface area contributed by atoms with Crippen molar-refractivity contribution in [3.05, 3.63) is 83.3 Å². The van der Waals surface area contributed by atoms with Crippen molar-refractivity contribution < 1.29 is 4.79 Å². The summed E-state index contributed by atoms with van der Waals surface area (Å²) in [6, 6.07) is 15.3. The highest BCUT2D eigenvalue weighted by Crippen LogP contribution is 2.30. The fourth-order valence-corrected chi connectivity index (χ4v) is 3.90. The Morgan fingerprint density at radius 2 is 1.77 bits per heavy atom. The zero-order valence-electron chi connectivity index (χ0n) is 16.5. The van der Waals surface area contributed by atoms with E-state index >= 15 is 0 Å². The van der Waals surface area contributed by atoms with Gasteiger partial charge in [-0.1, -0.05) is 29.8 Å². The van der Waals surface area contributed by atoms with Crippen LogP contribution >= 0.6 is 11.6 Å². The van der Waals surface area contributed by atoms with E-state index in [1.807, 2.05) is 43.4 Å². The van der Waals surface area contributed by atoms with Gasteiger partial charge in [-0.3, -0.25) is 24.7 Å². The third-order valence-corrected chi connectivity index (χ3v) is 5.63. The lowest BCUT2D eigenvalue weighted by Crippen LogP contribution is -2.22. The van der Waals surface area contributed by atoms with Crippen molar-refractivity contribution in [3.8, 4) is 16.8 Å². The highest BCUT2D eigenvalue weighted by molar-refractivity contribution is 6.30. The van der Waals surface area contributed by atoms with Gasteiger partial charge in [0.2, 0.25) is 11.5 Å². The molecule has 0 saturated heterocycles. The van der Waals surface area contributed by atoms with Gasteiger partial charge in [-0.2, -0.15) is 0 Å². The largest absolute Gasteiger partial charge is 0.366 e. The van der Waals surface area contributed by atoms with E-state index in [2.05, 4.69) is 16.0 Å². The van der Waals surface area contributed by atoms with Gasteiger partial charge in [0.1, 0.15) is 0 Å². The predicted molar refractivity (Wildman–Crippen MR) is 120 cm³/mol. The Bertz CT molecular complexity index is 1550. The number of rotatable bonds is 3. The number of pyridine rings is 2. The van der Waals surface area contributed by atoms with Crippen molar-refractivity contribution in [2.75, 3.05) is 0 Å². The van der Waals surface area contributed by atoms with E-state index in [4.69, 9.17) is 22.7 Å². The number of aryl methyl sites for hydroxylation is 1. The number of carbonyl (C=O) groups excluding carboxylic acids is 1. The number of nitrogens with two attached hydrogens (primary N) is 1. The molecule has 0 aliphatic heterocycles. The molecule has 0 aliphatic carbocycles. The SMILES string of the molecule is Cn1c(=N)n(-c2cncc(C(N)=O)c2)c2c3cc(-c4ccc(Cl)cc4)ccc3ncc21. The molecule has 31 heavy (non-hydrogen) atoms. The number of imidazole rings is 1. The van der Waals surface area contributed by atoms with Gasteiger partial charge in [0.15, 0.2) is 0 Å². The van der Waals surface area contributed by atoms with Gasteiger partial charge >= 0.3 is 0 Å². The summed E-state index contributed by atoms with van der Waals surface area (Å²) in [7, 11) is 1.81. The number of hydrogen-bond donors (Lipinski definition) is 2. The topological polar surface area (TPSA) is 103 Å². The molecule has 2 aromatic carbocycles. The average molecular weight is 429 g/mol. The number of halogens is 1. The second-order valence-corrected chi connectivity index (χ2v) is 7.68. The number of benzene rings is 2. The van der Waals surface area contributed by atoms with E-state index in [1.54, 1.807) is 27.6 Å². The zero-order chi connectivity index (χ0) is 21.7. The molecule has 0 radical (unpaired) electrons. The van der Waals surface area contributed by atoms with Crippen LogP contribution in [0.25, 0.3) is 38.8 Å². The van der Waals surface area contributed by atoms with Crippen molar-refractivity contribution in [3.63, 3.8) is 0 Å². The summed E-state index contributed by atoms with van der Waals surface area (Å²) in [5.41, 5.74) is 10.9. The van der Waals surface area contributed by atoms with Crippen LogP contribution in [0.15, 0.2) is 67.1 Å². The number of hydrogen-bond acceptors (Lipinski definition) is 4. The standard InChI is InChI=1S/C23H17ClN6O/c1-29-20-12-28-19-7-4-14(13-2-5-16(24)6-3-13)9-18(19)21(20)30(23(29)26)17-8-15(22(25)31)10-27-11-17/h2-12,26H,1H3,(H2,25,31). The van der Waals surface area contributed by atoms with E-state index in [0.29, 0.717) is 10.7 Å². The molecule has 3 heterocycles. The zero-order valence-corrected chi connectivity index (χ0v) is 17.3. The third kappa shape index (κ3) is 3.06. The molecule has 0 atom stereocenters. The summed E-state index contributed by atoms with van der Waals surface area (Å²) < 4.78 is 3.50. The number of nitrogens with one attached hydrogen (secondary N) is 1. The lowest BCUT2D eigenvalue weighted by molar-refractivity contribution is 0.1000. The lowest BCUT2D eigenvalue weighted by atomic mass is 10.0. The van der Waals surface area contributed by atoms with Crippen molar-refractivity contribution in [2.45, 2.75) is 0 Å². The summed E-state index contributed by atoms with van der Waals surface area (Å²) in [5.74, 6) is -0.571. The second kappa shape index (κ2) is 7.07. The quantitative estimate of drug-likeness (QED) is 0.456. The molecular formula is C23H17ClN6O. The highest BCUT2D eigenvalue weighted by Gasteiger charge is 2.16.